The Kier molecular flexibility index (Phi) is 5.26. The minimum Gasteiger partial charge on any atom is -0.497 e. The molecule has 168 valence electrons. The summed E-state index contributed by atoms with van der Waals surface area (Å²) in [6, 6.07) is 21.6. The number of carbonyl (C=O) groups is 2. The molecule has 2 aliphatic heterocycles. The molecular formula is C26H24N2O5. The van der Waals surface area contributed by atoms with Crippen molar-refractivity contribution >= 4 is 23.2 Å². The van der Waals surface area contributed by atoms with Gasteiger partial charge in [-0.2, -0.15) is 0 Å². The predicted molar refractivity (Wildman–Crippen MR) is 123 cm³/mol. The molecule has 3 aromatic carbocycles. The number of ether oxygens (including phenoxy) is 2. The molecule has 0 saturated carbocycles. The van der Waals surface area contributed by atoms with Crippen LogP contribution >= 0.6 is 0 Å². The topological polar surface area (TPSA) is 68.3 Å². The zero-order chi connectivity index (χ0) is 23.1. The normalized spacial score (nSPS) is 22.0. The van der Waals surface area contributed by atoms with E-state index in [1.807, 2.05) is 55.5 Å². The lowest BCUT2D eigenvalue weighted by Crippen LogP contribution is -2.37. The Morgan fingerprint density at radius 2 is 1.55 bits per heavy atom. The van der Waals surface area contributed by atoms with Gasteiger partial charge in [0.05, 0.1) is 25.6 Å². The van der Waals surface area contributed by atoms with Crippen LogP contribution in [0.2, 0.25) is 0 Å². The summed E-state index contributed by atoms with van der Waals surface area (Å²) in [5, 5.41) is 1.65. The SMILES string of the molecule is COc1ccc(OC)c([C@@H]2[C@@H]3C(=O)N(c4ccc(C)cc4)C(=O)[C@H]3ON2c2ccccc2)c1. The minimum atomic E-state index is -0.945. The predicted octanol–water partition coefficient (Wildman–Crippen LogP) is 4.06. The fourth-order valence-corrected chi connectivity index (χ4v) is 4.55. The van der Waals surface area contributed by atoms with Crippen molar-refractivity contribution in [2.24, 2.45) is 5.92 Å². The van der Waals surface area contributed by atoms with Crippen molar-refractivity contribution in [1.82, 2.24) is 0 Å². The first kappa shape index (κ1) is 21.0. The monoisotopic (exact) mass is 444 g/mol. The van der Waals surface area contributed by atoms with Crippen LogP contribution in [0.3, 0.4) is 0 Å². The van der Waals surface area contributed by atoms with Gasteiger partial charge in [0.1, 0.15) is 23.5 Å². The van der Waals surface area contributed by atoms with E-state index in [0.29, 0.717) is 22.7 Å². The Bertz CT molecular complexity index is 1200. The number of hydrogen-bond acceptors (Lipinski definition) is 6. The van der Waals surface area contributed by atoms with Crippen molar-refractivity contribution in [3.8, 4) is 11.5 Å². The van der Waals surface area contributed by atoms with E-state index < -0.39 is 18.1 Å². The molecule has 5 rings (SSSR count). The lowest BCUT2D eigenvalue weighted by atomic mass is 9.89. The number of anilines is 2. The quantitative estimate of drug-likeness (QED) is 0.553. The highest BCUT2D eigenvalue weighted by atomic mass is 16.7. The molecule has 7 nitrogen and oxygen atoms in total. The maximum atomic E-state index is 13.7. The van der Waals surface area contributed by atoms with E-state index in [1.165, 1.54) is 4.90 Å². The van der Waals surface area contributed by atoms with E-state index in [-0.39, 0.29) is 11.8 Å². The summed E-state index contributed by atoms with van der Waals surface area (Å²) in [7, 11) is 3.16. The fourth-order valence-electron chi connectivity index (χ4n) is 4.55. The van der Waals surface area contributed by atoms with Crippen molar-refractivity contribution in [3.05, 3.63) is 83.9 Å². The van der Waals surface area contributed by atoms with E-state index in [9.17, 15) is 9.59 Å². The molecule has 0 aromatic heterocycles. The second kappa shape index (κ2) is 8.26. The number of imide groups is 1. The van der Waals surface area contributed by atoms with Crippen LogP contribution in [0.1, 0.15) is 17.2 Å². The molecule has 0 bridgehead atoms. The van der Waals surface area contributed by atoms with Gasteiger partial charge in [-0.15, -0.1) is 0 Å². The molecule has 2 saturated heterocycles. The van der Waals surface area contributed by atoms with E-state index in [0.717, 1.165) is 11.3 Å². The number of fused-ring (bicyclic) bond motifs is 1. The minimum absolute atomic E-state index is 0.304. The average Bonchev–Trinajstić information content (AvgIpc) is 3.36. The third kappa shape index (κ3) is 3.41. The van der Waals surface area contributed by atoms with E-state index >= 15 is 0 Å². The third-order valence-electron chi connectivity index (χ3n) is 6.17. The molecule has 7 heteroatoms. The van der Waals surface area contributed by atoms with Crippen molar-refractivity contribution in [3.63, 3.8) is 0 Å². The number of aryl methyl sites for hydroxylation is 1. The molecule has 2 heterocycles. The summed E-state index contributed by atoms with van der Waals surface area (Å²) in [6.45, 7) is 1.96. The van der Waals surface area contributed by atoms with E-state index in [1.54, 1.807) is 43.5 Å². The van der Waals surface area contributed by atoms with Gasteiger partial charge in [0.15, 0.2) is 6.10 Å². The van der Waals surface area contributed by atoms with Crippen LogP contribution in [-0.2, 0) is 14.4 Å². The molecule has 0 spiro atoms. The standard InChI is InChI=1S/C26H24N2O5/c1-16-9-11-17(12-10-16)27-25(29)22-23(20-15-19(31-2)13-14-21(20)32-3)28(33-24(22)26(27)30)18-7-5-4-6-8-18/h4-15,22-24H,1-3H3/t22-,23+,24-/m0/s1. The molecule has 3 aromatic rings. The van der Waals surface area contributed by atoms with Crippen LogP contribution in [-0.4, -0.2) is 32.1 Å². The number of carbonyl (C=O) groups excluding carboxylic acids is 2. The highest BCUT2D eigenvalue weighted by Gasteiger charge is 2.60. The number of benzene rings is 3. The van der Waals surface area contributed by atoms with Gasteiger partial charge < -0.3 is 9.47 Å². The molecule has 33 heavy (non-hydrogen) atoms. The van der Waals surface area contributed by atoms with Crippen molar-refractivity contribution in [2.75, 3.05) is 24.2 Å². The molecule has 3 atom stereocenters. The second-order valence-electron chi connectivity index (χ2n) is 8.11. The lowest BCUT2D eigenvalue weighted by Gasteiger charge is -2.29. The van der Waals surface area contributed by atoms with Crippen LogP contribution in [0, 0.1) is 12.8 Å². The molecule has 0 aliphatic carbocycles. The first-order valence-corrected chi connectivity index (χ1v) is 10.7. The first-order chi connectivity index (χ1) is 16.0. The molecule has 2 fully saturated rings. The Morgan fingerprint density at radius 1 is 0.818 bits per heavy atom. The summed E-state index contributed by atoms with van der Waals surface area (Å²) in [5.41, 5.74) is 3.03. The highest BCUT2D eigenvalue weighted by molar-refractivity contribution is 6.24. The maximum Gasteiger partial charge on any atom is 0.266 e. The molecule has 2 aliphatic rings. The van der Waals surface area contributed by atoms with E-state index in [4.69, 9.17) is 14.3 Å². The highest BCUT2D eigenvalue weighted by Crippen LogP contribution is 2.50. The van der Waals surface area contributed by atoms with Crippen LogP contribution in [0.15, 0.2) is 72.8 Å². The Labute approximate surface area is 192 Å². The Hall–Kier alpha value is -3.84. The summed E-state index contributed by atoms with van der Waals surface area (Å²) in [5.74, 6) is -0.226. The number of nitrogens with zero attached hydrogens (tertiary/aromatic N) is 2. The fraction of sp³-hybridized carbons (Fsp3) is 0.231. The van der Waals surface area contributed by atoms with Gasteiger partial charge in [-0.25, -0.2) is 9.96 Å². The zero-order valence-electron chi connectivity index (χ0n) is 18.6. The number of amides is 2. The Morgan fingerprint density at radius 3 is 2.21 bits per heavy atom. The van der Waals surface area contributed by atoms with Gasteiger partial charge in [0, 0.05) is 5.56 Å². The molecule has 0 radical (unpaired) electrons. The smallest absolute Gasteiger partial charge is 0.266 e. The van der Waals surface area contributed by atoms with Crippen molar-refractivity contribution in [1.29, 1.82) is 0 Å². The second-order valence-corrected chi connectivity index (χ2v) is 8.11. The number of methoxy groups -OCH3 is 2. The van der Waals surface area contributed by atoms with Crippen molar-refractivity contribution in [2.45, 2.75) is 19.1 Å². The zero-order valence-corrected chi connectivity index (χ0v) is 18.6. The van der Waals surface area contributed by atoms with Gasteiger partial charge in [-0.3, -0.25) is 14.4 Å². The lowest BCUT2D eigenvalue weighted by molar-refractivity contribution is -0.126. The summed E-state index contributed by atoms with van der Waals surface area (Å²) in [6.07, 6.45) is -0.945. The number of para-hydroxylation sites is 1. The third-order valence-corrected chi connectivity index (χ3v) is 6.17. The first-order valence-electron chi connectivity index (χ1n) is 10.7. The van der Waals surface area contributed by atoms with Crippen LogP contribution in [0.4, 0.5) is 11.4 Å². The van der Waals surface area contributed by atoms with Gasteiger partial charge >= 0.3 is 0 Å². The van der Waals surface area contributed by atoms with Gasteiger partial charge in [0.25, 0.3) is 5.91 Å². The van der Waals surface area contributed by atoms with Crippen LogP contribution in [0.5, 0.6) is 11.5 Å². The van der Waals surface area contributed by atoms with E-state index in [2.05, 4.69) is 0 Å². The molecule has 2 amide bonds. The van der Waals surface area contributed by atoms with Gasteiger partial charge in [0.2, 0.25) is 5.91 Å². The summed E-state index contributed by atoms with van der Waals surface area (Å²) in [4.78, 5) is 34.6. The number of rotatable bonds is 5. The van der Waals surface area contributed by atoms with Crippen LogP contribution in [0.25, 0.3) is 0 Å². The molecule has 0 unspecified atom stereocenters. The average molecular weight is 444 g/mol. The van der Waals surface area contributed by atoms with Gasteiger partial charge in [-0.05, 0) is 49.4 Å². The molecule has 0 N–H and O–H groups in total. The largest absolute Gasteiger partial charge is 0.497 e. The Balaban J connectivity index is 1.63. The number of hydrogen-bond donors (Lipinski definition) is 0. The number of hydroxylamine groups is 1. The summed E-state index contributed by atoms with van der Waals surface area (Å²) < 4.78 is 11.1. The van der Waals surface area contributed by atoms with Gasteiger partial charge in [-0.1, -0.05) is 35.9 Å². The summed E-state index contributed by atoms with van der Waals surface area (Å²) >= 11 is 0. The maximum absolute atomic E-state index is 13.7. The molecular weight excluding hydrogens is 420 g/mol. The van der Waals surface area contributed by atoms with Crippen molar-refractivity contribution < 1.29 is 23.9 Å². The van der Waals surface area contributed by atoms with Crippen LogP contribution < -0.4 is 19.4 Å².